The Morgan fingerprint density at radius 3 is 1.72 bits per heavy atom. The summed E-state index contributed by atoms with van der Waals surface area (Å²) in [6.45, 7) is 10.3. The molecule has 3 aromatic rings. The van der Waals surface area contributed by atoms with E-state index in [1.807, 2.05) is 0 Å². The minimum absolute atomic E-state index is 0.00526. The maximum atomic E-state index is 14.6. The highest BCUT2D eigenvalue weighted by atomic mass is 16.4. The molecule has 2 aromatic carbocycles. The van der Waals surface area contributed by atoms with E-state index >= 15 is 0 Å². The van der Waals surface area contributed by atoms with Gasteiger partial charge in [-0.25, -0.2) is 0 Å². The molecule has 2 heterocycles. The predicted molar refractivity (Wildman–Crippen MR) is 336 cm³/mol. The number of nitrogens with one attached hydrogen (secondary N) is 11. The highest BCUT2D eigenvalue weighted by Gasteiger charge is 2.40. The van der Waals surface area contributed by atoms with Crippen LogP contribution in [0.4, 0.5) is 0 Å². The van der Waals surface area contributed by atoms with Crippen LogP contribution in [0.5, 0.6) is 0 Å². The number of nitrogens with two attached hydrogens (primary N) is 2. The number of carbonyl (C=O) groups is 14. The minimum atomic E-state index is -1.91. The van der Waals surface area contributed by atoms with E-state index in [2.05, 4.69) is 58.2 Å². The molecule has 10 atom stereocenters. The Labute approximate surface area is 537 Å². The van der Waals surface area contributed by atoms with Crippen molar-refractivity contribution in [1.82, 2.24) is 63.1 Å². The van der Waals surface area contributed by atoms with Gasteiger partial charge in [0.15, 0.2) is 0 Å². The number of aromatic amines is 1. The minimum Gasteiger partial charge on any atom is -0.481 e. The Balaban J connectivity index is 1.53. The molecule has 0 unspecified atom stereocenters. The Kier molecular flexibility index (Phi) is 30.3. The number of hydrogen-bond donors (Lipinski definition) is 16. The average Bonchev–Trinajstić information content (AvgIpc) is 1.79. The lowest BCUT2D eigenvalue weighted by Gasteiger charge is -2.30. The zero-order chi connectivity index (χ0) is 69.2. The second-order valence-corrected chi connectivity index (χ2v) is 24.0. The zero-order valence-corrected chi connectivity index (χ0v) is 53.3. The van der Waals surface area contributed by atoms with Crippen LogP contribution in [0.2, 0.25) is 0 Å². The Bertz CT molecular complexity index is 3140. The molecule has 1 aromatic heterocycles. The Hall–Kier alpha value is -9.52. The lowest BCUT2D eigenvalue weighted by molar-refractivity contribution is -0.142. The molecular formula is C62H90N14O17. The summed E-state index contributed by atoms with van der Waals surface area (Å²) in [4.78, 5) is 191. The smallest absolute Gasteiger partial charge is 0.322 e. The summed E-state index contributed by atoms with van der Waals surface area (Å²) < 4.78 is 0. The van der Waals surface area contributed by atoms with Crippen LogP contribution in [0, 0.1) is 17.8 Å². The molecule has 1 aliphatic heterocycles. The SMILES string of the molecule is CC(C)C[C@H](NC(=O)[C@@H](N)CC(=O)O)C(=O)N[C@@H](Cc1c[nH]c2ccccc12)C(=O)N[C@@H](CC(=O)O)C(=O)N[C@@H](Cc1ccccc1)C(=O)N[C@H](C(=O)N[C@H](C(=O)NCC(=O)N[C@@H](CCCCN)C(=O)N1CCC[C@H]1C(=O)N[C@@H](C)C(=O)NCC(=O)O)C(C)C)C(C)C. The van der Waals surface area contributed by atoms with Gasteiger partial charge in [-0.3, -0.25) is 67.1 Å². The van der Waals surface area contributed by atoms with Gasteiger partial charge in [0.2, 0.25) is 65.0 Å². The fraction of sp³-hybridized carbons (Fsp3) is 0.548. The fourth-order valence-electron chi connectivity index (χ4n) is 10.3. The van der Waals surface area contributed by atoms with E-state index < -0.39 is 181 Å². The van der Waals surface area contributed by atoms with Crippen LogP contribution in [0.25, 0.3) is 10.9 Å². The molecule has 4 rings (SSSR count). The summed E-state index contributed by atoms with van der Waals surface area (Å²) in [5, 5.41) is 54.1. The number of hydrogen-bond acceptors (Lipinski definition) is 16. The number of nitrogens with zero attached hydrogens (tertiary/aromatic N) is 1. The number of aromatic nitrogens is 1. The van der Waals surface area contributed by atoms with Crippen LogP contribution >= 0.6 is 0 Å². The van der Waals surface area contributed by atoms with Crippen molar-refractivity contribution in [2.24, 2.45) is 29.2 Å². The van der Waals surface area contributed by atoms with E-state index in [4.69, 9.17) is 16.6 Å². The second kappa shape index (κ2) is 37.1. The summed E-state index contributed by atoms with van der Waals surface area (Å²) in [7, 11) is 0. The molecule has 0 spiro atoms. The lowest BCUT2D eigenvalue weighted by atomic mass is 9.98. The number of para-hydroxylation sites is 1. The molecule has 0 radical (unpaired) electrons. The lowest BCUT2D eigenvalue weighted by Crippen LogP contribution is -2.61. The van der Waals surface area contributed by atoms with Crippen molar-refractivity contribution in [1.29, 1.82) is 0 Å². The number of aliphatic carboxylic acids is 3. The van der Waals surface area contributed by atoms with Crippen LogP contribution in [0.1, 0.15) is 111 Å². The summed E-state index contributed by atoms with van der Waals surface area (Å²) >= 11 is 0. The Morgan fingerprint density at radius 1 is 0.559 bits per heavy atom. The zero-order valence-electron chi connectivity index (χ0n) is 53.3. The Morgan fingerprint density at radius 2 is 1.11 bits per heavy atom. The van der Waals surface area contributed by atoms with Gasteiger partial charge in [0, 0.05) is 36.5 Å². The van der Waals surface area contributed by atoms with Crippen molar-refractivity contribution >= 4 is 93.8 Å². The highest BCUT2D eigenvalue weighted by Crippen LogP contribution is 2.22. The first-order valence-corrected chi connectivity index (χ1v) is 30.9. The molecule has 510 valence electrons. The standard InChI is InChI=1S/C62H90N14O17/c1-32(2)24-42(70-54(85)39(64)27-48(78)79)55(86)72-44(26-37-29-65-40-19-12-11-18-38(37)40)56(87)73-45(28-49(80)81)57(88)71-43(25-36-16-9-8-10-17-36)58(89)74-52(34(5)6)61(92)75-51(33(3)4)60(91)66-30-47(77)69-41(20-13-14-22-63)62(93)76-23-15-21-46(76)59(90)68-35(7)53(84)67-31-50(82)83/h8-12,16-19,29,32-35,39,41-46,51-52,65H,13-15,20-28,30-31,63-64H2,1-7H3,(H,66,91)(H,67,84)(H,68,90)(H,69,77)(H,70,85)(H,71,88)(H,72,86)(H,73,87)(H,74,89)(H,75,92)(H,78,79)(H,80,81)(H,82,83)/t35-,39-,41-,42-,43-,44-,45-,46-,51-,52-/m0/s1. The molecule has 31 nitrogen and oxygen atoms in total. The number of fused-ring (bicyclic) bond motifs is 1. The first-order valence-electron chi connectivity index (χ1n) is 30.9. The first kappa shape index (κ1) is 75.9. The molecule has 0 saturated carbocycles. The fourth-order valence-corrected chi connectivity index (χ4v) is 10.3. The molecule has 93 heavy (non-hydrogen) atoms. The largest absolute Gasteiger partial charge is 0.481 e. The van der Waals surface area contributed by atoms with E-state index in [1.165, 1.54) is 11.8 Å². The predicted octanol–water partition coefficient (Wildman–Crippen LogP) is -2.08. The number of H-pyrrole nitrogens is 1. The van der Waals surface area contributed by atoms with E-state index in [-0.39, 0.29) is 51.1 Å². The van der Waals surface area contributed by atoms with Gasteiger partial charge < -0.3 is 89.8 Å². The highest BCUT2D eigenvalue weighted by molar-refractivity contribution is 6.00. The number of likely N-dealkylation sites (tertiary alicyclic amines) is 1. The maximum Gasteiger partial charge on any atom is 0.322 e. The van der Waals surface area contributed by atoms with E-state index in [9.17, 15) is 77.3 Å². The molecular weight excluding hydrogens is 1210 g/mol. The number of amides is 11. The van der Waals surface area contributed by atoms with Crippen LogP contribution in [-0.4, -0.2) is 195 Å². The monoisotopic (exact) mass is 1300 g/mol. The molecule has 18 N–H and O–H groups in total. The van der Waals surface area contributed by atoms with Crippen LogP contribution in [-0.2, 0) is 80.0 Å². The van der Waals surface area contributed by atoms with E-state index in [0.29, 0.717) is 41.3 Å². The third kappa shape index (κ3) is 24.6. The molecule has 1 aliphatic rings. The summed E-state index contributed by atoms with van der Waals surface area (Å²) in [6, 6.07) is 1.32. The number of carboxylic acids is 3. The van der Waals surface area contributed by atoms with Crippen LogP contribution in [0.3, 0.4) is 0 Å². The van der Waals surface area contributed by atoms with Crippen LogP contribution < -0.4 is 64.6 Å². The summed E-state index contributed by atoms with van der Waals surface area (Å²) in [6.07, 6.45) is 0.952. The van der Waals surface area contributed by atoms with Gasteiger partial charge in [-0.05, 0) is 86.9 Å². The van der Waals surface area contributed by atoms with Crippen molar-refractivity contribution in [3.8, 4) is 0 Å². The average molecular weight is 1300 g/mol. The van der Waals surface area contributed by atoms with Gasteiger partial charge in [0.25, 0.3) is 0 Å². The second-order valence-electron chi connectivity index (χ2n) is 24.0. The first-order chi connectivity index (χ1) is 43.9. The van der Waals surface area contributed by atoms with Gasteiger partial charge >= 0.3 is 17.9 Å². The molecule has 31 heteroatoms. The van der Waals surface area contributed by atoms with Gasteiger partial charge in [0.05, 0.1) is 25.4 Å². The van der Waals surface area contributed by atoms with Crippen molar-refractivity contribution in [3.63, 3.8) is 0 Å². The van der Waals surface area contributed by atoms with Crippen molar-refractivity contribution in [3.05, 3.63) is 71.9 Å². The van der Waals surface area contributed by atoms with Crippen molar-refractivity contribution in [2.75, 3.05) is 26.2 Å². The molecule has 0 aliphatic carbocycles. The molecule has 1 saturated heterocycles. The van der Waals surface area contributed by atoms with E-state index in [0.717, 1.165) is 0 Å². The number of benzene rings is 2. The van der Waals surface area contributed by atoms with E-state index in [1.54, 1.807) is 102 Å². The maximum absolute atomic E-state index is 14.6. The van der Waals surface area contributed by atoms with Gasteiger partial charge in [0.1, 0.15) is 60.9 Å². The van der Waals surface area contributed by atoms with Crippen molar-refractivity contribution < 1.29 is 82.4 Å². The quantitative estimate of drug-likeness (QED) is 0.0274. The van der Waals surface area contributed by atoms with Gasteiger partial charge in [-0.15, -0.1) is 0 Å². The molecule has 0 bridgehead atoms. The summed E-state index contributed by atoms with van der Waals surface area (Å²) in [5.41, 5.74) is 13.2. The number of carboxylic acid groups (broad SMARTS) is 3. The summed E-state index contributed by atoms with van der Waals surface area (Å²) in [5.74, 6) is -15.3. The molecule has 11 amide bonds. The van der Waals surface area contributed by atoms with Crippen LogP contribution in [0.15, 0.2) is 60.8 Å². The van der Waals surface area contributed by atoms with Gasteiger partial charge in [-0.2, -0.15) is 0 Å². The van der Waals surface area contributed by atoms with Crippen molar-refractivity contribution in [2.45, 2.75) is 173 Å². The third-order valence-electron chi connectivity index (χ3n) is 15.2. The molecule has 1 fully saturated rings. The normalized spacial score (nSPS) is 15.8. The van der Waals surface area contributed by atoms with Gasteiger partial charge in [-0.1, -0.05) is 90.1 Å². The topological polar surface area (TPSA) is 491 Å². The number of rotatable bonds is 38. The number of unbranched alkanes of at least 4 members (excludes halogenated alkanes) is 1. The number of carbonyl (C=O) groups excluding carboxylic acids is 11. The third-order valence-corrected chi connectivity index (χ3v) is 15.2.